The van der Waals surface area contributed by atoms with Crippen molar-refractivity contribution in [2.45, 2.75) is 18.8 Å². The third kappa shape index (κ3) is 8.88. The first-order valence-electron chi connectivity index (χ1n) is 13.1. The van der Waals surface area contributed by atoms with Gasteiger partial charge in [0, 0.05) is 5.56 Å². The molecule has 0 fully saturated rings. The van der Waals surface area contributed by atoms with Crippen LogP contribution in [0.5, 0.6) is 0 Å². The van der Waals surface area contributed by atoms with Gasteiger partial charge in [-0.15, -0.1) is 0 Å². The molecule has 3 N–H and O–H groups in total. The van der Waals surface area contributed by atoms with Gasteiger partial charge in [-0.3, -0.25) is 9.59 Å². The van der Waals surface area contributed by atoms with Crippen molar-refractivity contribution in [1.29, 1.82) is 0 Å². The highest BCUT2D eigenvalue weighted by Crippen LogP contribution is 2.29. The molecule has 4 aromatic carbocycles. The SMILES string of the molecule is O=C(N[C@@H](COCc1ccccc1)C(=O)O)/C(=C\c1ccc(-c2ccccc2)cc1)NC(=O)c1ccc(C(F)(F)F)cc1. The maximum absolute atomic E-state index is 13.3. The molecule has 220 valence electrons. The summed E-state index contributed by atoms with van der Waals surface area (Å²) in [5, 5.41) is 14.4. The van der Waals surface area contributed by atoms with Crippen LogP contribution in [0.3, 0.4) is 0 Å². The quantitative estimate of drug-likeness (QED) is 0.189. The number of benzene rings is 4. The number of nitrogens with one attached hydrogen (secondary N) is 2. The van der Waals surface area contributed by atoms with Crippen molar-refractivity contribution >= 4 is 23.9 Å². The number of hydrogen-bond acceptors (Lipinski definition) is 4. The monoisotopic (exact) mass is 588 g/mol. The fourth-order valence-corrected chi connectivity index (χ4v) is 4.01. The standard InChI is InChI=1S/C33H27F3N2O5/c34-33(35,36)27-17-15-26(16-18-27)30(39)37-28(19-22-11-13-25(14-12-22)24-9-5-2-6-10-24)31(40)38-29(32(41)42)21-43-20-23-7-3-1-4-8-23/h1-19,29H,20-21H2,(H,37,39)(H,38,40)(H,41,42)/b28-19+/t29-/m0/s1. The summed E-state index contributed by atoms with van der Waals surface area (Å²) in [5.41, 5.74) is 1.80. The Labute approximate surface area is 245 Å². The molecule has 0 radical (unpaired) electrons. The zero-order valence-corrected chi connectivity index (χ0v) is 22.7. The lowest BCUT2D eigenvalue weighted by Gasteiger charge is -2.17. The number of aliphatic carboxylic acids is 1. The van der Waals surface area contributed by atoms with Gasteiger partial charge in [-0.25, -0.2) is 4.79 Å². The third-order valence-electron chi connectivity index (χ3n) is 6.30. The van der Waals surface area contributed by atoms with Crippen LogP contribution in [0.15, 0.2) is 115 Å². The molecule has 0 heterocycles. The Hall–Kier alpha value is -5.22. The number of carbonyl (C=O) groups excluding carboxylic acids is 2. The second-order valence-electron chi connectivity index (χ2n) is 9.44. The van der Waals surface area contributed by atoms with Gasteiger partial charge >= 0.3 is 12.1 Å². The minimum Gasteiger partial charge on any atom is -0.480 e. The predicted molar refractivity (Wildman–Crippen MR) is 154 cm³/mol. The Balaban J connectivity index is 1.55. The predicted octanol–water partition coefficient (Wildman–Crippen LogP) is 5.93. The lowest BCUT2D eigenvalue weighted by atomic mass is 10.0. The number of halogens is 3. The number of carboxylic acid groups (broad SMARTS) is 1. The summed E-state index contributed by atoms with van der Waals surface area (Å²) in [6, 6.07) is 27.6. The molecular formula is C33H27F3N2O5. The average Bonchev–Trinajstić information content (AvgIpc) is 3.01. The zero-order valence-electron chi connectivity index (χ0n) is 22.7. The molecule has 2 amide bonds. The molecular weight excluding hydrogens is 561 g/mol. The van der Waals surface area contributed by atoms with Gasteiger partial charge in [-0.1, -0.05) is 84.9 Å². The van der Waals surface area contributed by atoms with Gasteiger partial charge in [-0.05, 0) is 52.6 Å². The molecule has 0 bridgehead atoms. The fraction of sp³-hybridized carbons (Fsp3) is 0.121. The number of carbonyl (C=O) groups is 3. The minimum absolute atomic E-state index is 0.113. The molecule has 1 atom stereocenters. The van der Waals surface area contributed by atoms with Gasteiger partial charge in [0.1, 0.15) is 5.70 Å². The summed E-state index contributed by atoms with van der Waals surface area (Å²) in [6.45, 7) is -0.247. The van der Waals surface area contributed by atoms with E-state index in [4.69, 9.17) is 4.74 Å². The normalized spacial score (nSPS) is 12.3. The van der Waals surface area contributed by atoms with E-state index in [-0.39, 0.29) is 24.5 Å². The number of alkyl halides is 3. The van der Waals surface area contributed by atoms with Crippen LogP contribution in [0.1, 0.15) is 27.0 Å². The van der Waals surface area contributed by atoms with Gasteiger partial charge in [0.15, 0.2) is 6.04 Å². The molecule has 0 aliphatic carbocycles. The van der Waals surface area contributed by atoms with Gasteiger partial charge in [0.2, 0.25) is 0 Å². The first-order valence-corrected chi connectivity index (χ1v) is 13.1. The minimum atomic E-state index is -4.58. The van der Waals surface area contributed by atoms with Gasteiger partial charge in [0.05, 0.1) is 18.8 Å². The van der Waals surface area contributed by atoms with Crippen LogP contribution in [-0.2, 0) is 27.1 Å². The van der Waals surface area contributed by atoms with Crippen LogP contribution in [0.4, 0.5) is 13.2 Å². The van der Waals surface area contributed by atoms with Crippen LogP contribution in [0, 0.1) is 0 Å². The van der Waals surface area contributed by atoms with Crippen LogP contribution in [0.2, 0.25) is 0 Å². The molecule has 10 heteroatoms. The van der Waals surface area contributed by atoms with E-state index in [9.17, 15) is 32.7 Å². The van der Waals surface area contributed by atoms with Crippen molar-refractivity contribution in [2.75, 3.05) is 6.61 Å². The average molecular weight is 589 g/mol. The Kier molecular flexibility index (Phi) is 10.1. The number of carboxylic acids is 1. The van der Waals surface area contributed by atoms with Crippen molar-refractivity contribution < 1.29 is 37.4 Å². The topological polar surface area (TPSA) is 105 Å². The van der Waals surface area contributed by atoms with Crippen LogP contribution < -0.4 is 10.6 Å². The lowest BCUT2D eigenvalue weighted by molar-refractivity contribution is -0.143. The number of amides is 2. The van der Waals surface area contributed by atoms with E-state index < -0.39 is 35.6 Å². The molecule has 0 unspecified atom stereocenters. The van der Waals surface area contributed by atoms with Crippen LogP contribution in [0.25, 0.3) is 17.2 Å². The number of ether oxygens (including phenoxy) is 1. The second kappa shape index (κ2) is 14.1. The highest BCUT2D eigenvalue weighted by molar-refractivity contribution is 6.06. The maximum Gasteiger partial charge on any atom is 0.416 e. The van der Waals surface area contributed by atoms with Crippen molar-refractivity contribution in [3.8, 4) is 11.1 Å². The summed E-state index contributed by atoms with van der Waals surface area (Å²) in [4.78, 5) is 38.1. The molecule has 4 aromatic rings. The molecule has 0 aliphatic heterocycles. The van der Waals surface area contributed by atoms with Crippen molar-refractivity contribution in [2.24, 2.45) is 0 Å². The van der Waals surface area contributed by atoms with Gasteiger partial charge in [0.25, 0.3) is 11.8 Å². The smallest absolute Gasteiger partial charge is 0.416 e. The fourth-order valence-electron chi connectivity index (χ4n) is 4.01. The summed E-state index contributed by atoms with van der Waals surface area (Å²) in [5.74, 6) is -3.15. The van der Waals surface area contributed by atoms with Gasteiger partial charge < -0.3 is 20.5 Å². The van der Waals surface area contributed by atoms with E-state index in [1.807, 2.05) is 48.5 Å². The van der Waals surface area contributed by atoms with E-state index in [0.717, 1.165) is 41.0 Å². The van der Waals surface area contributed by atoms with Crippen LogP contribution in [-0.4, -0.2) is 35.5 Å². The molecule has 0 spiro atoms. The third-order valence-corrected chi connectivity index (χ3v) is 6.30. The summed E-state index contributed by atoms with van der Waals surface area (Å²) in [7, 11) is 0. The summed E-state index contributed by atoms with van der Waals surface area (Å²) in [6.07, 6.45) is -3.24. The molecule has 0 aromatic heterocycles. The molecule has 4 rings (SSSR count). The van der Waals surface area contributed by atoms with E-state index in [1.54, 1.807) is 36.4 Å². The highest BCUT2D eigenvalue weighted by Gasteiger charge is 2.30. The van der Waals surface area contributed by atoms with E-state index in [1.165, 1.54) is 6.08 Å². The molecule has 7 nitrogen and oxygen atoms in total. The summed E-state index contributed by atoms with van der Waals surface area (Å²) < 4.78 is 44.4. The van der Waals surface area contributed by atoms with Crippen molar-refractivity contribution in [3.05, 3.63) is 137 Å². The molecule has 0 saturated carbocycles. The first kappa shape index (κ1) is 30.7. The molecule has 43 heavy (non-hydrogen) atoms. The lowest BCUT2D eigenvalue weighted by Crippen LogP contribution is -2.46. The largest absolute Gasteiger partial charge is 0.480 e. The van der Waals surface area contributed by atoms with Crippen molar-refractivity contribution in [1.82, 2.24) is 10.6 Å². The Bertz CT molecular complexity index is 1570. The van der Waals surface area contributed by atoms with Crippen molar-refractivity contribution in [3.63, 3.8) is 0 Å². The molecule has 0 saturated heterocycles. The highest BCUT2D eigenvalue weighted by atomic mass is 19.4. The van der Waals surface area contributed by atoms with E-state index >= 15 is 0 Å². The van der Waals surface area contributed by atoms with Gasteiger partial charge in [-0.2, -0.15) is 13.2 Å². The maximum atomic E-state index is 13.3. The summed E-state index contributed by atoms with van der Waals surface area (Å²) >= 11 is 0. The molecule has 0 aliphatic rings. The Morgan fingerprint density at radius 3 is 1.95 bits per heavy atom. The Morgan fingerprint density at radius 1 is 0.791 bits per heavy atom. The van der Waals surface area contributed by atoms with E-state index in [2.05, 4.69) is 10.6 Å². The number of hydrogen-bond donors (Lipinski definition) is 3. The number of rotatable bonds is 11. The van der Waals surface area contributed by atoms with Crippen LogP contribution >= 0.6 is 0 Å². The van der Waals surface area contributed by atoms with E-state index in [0.29, 0.717) is 5.56 Å². The first-order chi connectivity index (χ1) is 20.6. The second-order valence-corrected chi connectivity index (χ2v) is 9.44. The zero-order chi connectivity index (χ0) is 30.8. The Morgan fingerprint density at radius 2 is 1.37 bits per heavy atom.